The topological polar surface area (TPSA) is 30.5 Å². The second-order valence-corrected chi connectivity index (χ2v) is 5.66. The number of methoxy groups -OCH3 is 1. The zero-order chi connectivity index (χ0) is 13.9. The highest BCUT2D eigenvalue weighted by atomic mass is 16.5. The highest BCUT2D eigenvalue weighted by Crippen LogP contribution is 2.30. The lowest BCUT2D eigenvalue weighted by Crippen LogP contribution is -2.47. The monoisotopic (exact) mass is 263 g/mol. The third kappa shape index (κ3) is 3.28. The van der Waals surface area contributed by atoms with Crippen LogP contribution in [0.2, 0.25) is 0 Å². The largest absolute Gasteiger partial charge is 0.497 e. The van der Waals surface area contributed by atoms with Crippen molar-refractivity contribution in [3.05, 3.63) is 29.8 Å². The maximum Gasteiger partial charge on any atom is 0.118 e. The van der Waals surface area contributed by atoms with Crippen LogP contribution in [0.15, 0.2) is 24.3 Å². The predicted molar refractivity (Wildman–Crippen MR) is 77.6 cm³/mol. The minimum Gasteiger partial charge on any atom is -0.497 e. The number of hydrogen-bond acceptors (Lipinski definition) is 3. The Bertz CT molecular complexity index is 404. The lowest BCUT2D eigenvalue weighted by molar-refractivity contribution is 0.0460. The fourth-order valence-electron chi connectivity index (χ4n) is 2.71. The maximum absolute atomic E-state index is 6.07. The number of rotatable bonds is 3. The first-order valence-corrected chi connectivity index (χ1v) is 7.11. The molecule has 0 aromatic heterocycles. The number of nitrogens with one attached hydrogen (secondary N) is 1. The molecule has 1 aromatic rings. The van der Waals surface area contributed by atoms with Gasteiger partial charge in [-0.2, -0.15) is 0 Å². The SMILES string of the molecule is CCC1(C)CCOC(c2ccc(OC)cc2)C(C)N1. The molecule has 0 radical (unpaired) electrons. The molecule has 1 aliphatic rings. The van der Waals surface area contributed by atoms with Gasteiger partial charge in [-0.25, -0.2) is 0 Å². The van der Waals surface area contributed by atoms with E-state index in [1.165, 1.54) is 5.56 Å². The Kier molecular flexibility index (Phi) is 4.48. The molecule has 19 heavy (non-hydrogen) atoms. The fraction of sp³-hybridized carbons (Fsp3) is 0.625. The van der Waals surface area contributed by atoms with Gasteiger partial charge in [0.15, 0.2) is 0 Å². The van der Waals surface area contributed by atoms with E-state index in [-0.39, 0.29) is 11.6 Å². The van der Waals surface area contributed by atoms with Crippen LogP contribution in [0.3, 0.4) is 0 Å². The third-order valence-corrected chi connectivity index (χ3v) is 4.21. The van der Waals surface area contributed by atoms with Crippen molar-refractivity contribution in [2.45, 2.75) is 51.3 Å². The van der Waals surface area contributed by atoms with Crippen molar-refractivity contribution < 1.29 is 9.47 Å². The average molecular weight is 263 g/mol. The molecule has 3 heteroatoms. The van der Waals surface area contributed by atoms with Crippen LogP contribution in [0.5, 0.6) is 5.75 Å². The van der Waals surface area contributed by atoms with Gasteiger partial charge in [0.05, 0.1) is 13.2 Å². The summed E-state index contributed by atoms with van der Waals surface area (Å²) in [4.78, 5) is 0. The van der Waals surface area contributed by atoms with Gasteiger partial charge in [-0.1, -0.05) is 19.1 Å². The molecule has 3 atom stereocenters. The van der Waals surface area contributed by atoms with E-state index in [0.29, 0.717) is 6.04 Å². The summed E-state index contributed by atoms with van der Waals surface area (Å²) >= 11 is 0. The molecule has 3 nitrogen and oxygen atoms in total. The lowest BCUT2D eigenvalue weighted by atomic mass is 9.93. The molecule has 1 N–H and O–H groups in total. The lowest BCUT2D eigenvalue weighted by Gasteiger charge is -2.31. The van der Waals surface area contributed by atoms with E-state index < -0.39 is 0 Å². The van der Waals surface area contributed by atoms with Gasteiger partial charge in [-0.05, 0) is 44.4 Å². The predicted octanol–water partition coefficient (Wildman–Crippen LogP) is 3.30. The quantitative estimate of drug-likeness (QED) is 0.907. The van der Waals surface area contributed by atoms with Crippen LogP contribution in [0, 0.1) is 0 Å². The summed E-state index contributed by atoms with van der Waals surface area (Å²) in [6.45, 7) is 7.52. The minimum absolute atomic E-state index is 0.110. The molecule has 1 saturated heterocycles. The van der Waals surface area contributed by atoms with Crippen molar-refractivity contribution in [2.75, 3.05) is 13.7 Å². The molecule has 0 spiro atoms. The number of benzene rings is 1. The van der Waals surface area contributed by atoms with E-state index >= 15 is 0 Å². The van der Waals surface area contributed by atoms with Gasteiger partial charge in [0.1, 0.15) is 5.75 Å². The van der Waals surface area contributed by atoms with E-state index in [1.807, 2.05) is 12.1 Å². The summed E-state index contributed by atoms with van der Waals surface area (Å²) in [5, 5.41) is 3.73. The van der Waals surface area contributed by atoms with Crippen LogP contribution in [-0.4, -0.2) is 25.3 Å². The third-order valence-electron chi connectivity index (χ3n) is 4.21. The van der Waals surface area contributed by atoms with Gasteiger partial charge < -0.3 is 14.8 Å². The second kappa shape index (κ2) is 5.93. The Morgan fingerprint density at radius 3 is 2.63 bits per heavy atom. The molecule has 1 aromatic carbocycles. The molecule has 1 heterocycles. The molecular formula is C16H25NO2. The normalized spacial score (nSPS) is 31.8. The van der Waals surface area contributed by atoms with Gasteiger partial charge in [-0.3, -0.25) is 0 Å². The van der Waals surface area contributed by atoms with Gasteiger partial charge in [0.2, 0.25) is 0 Å². The summed E-state index contributed by atoms with van der Waals surface area (Å²) in [7, 11) is 1.69. The van der Waals surface area contributed by atoms with Gasteiger partial charge in [0, 0.05) is 18.2 Å². The first-order valence-electron chi connectivity index (χ1n) is 7.11. The highest BCUT2D eigenvalue weighted by molar-refractivity contribution is 5.29. The first kappa shape index (κ1) is 14.4. The molecule has 2 rings (SSSR count). The minimum atomic E-state index is 0.110. The van der Waals surface area contributed by atoms with Crippen molar-refractivity contribution in [1.29, 1.82) is 0 Å². The van der Waals surface area contributed by atoms with Crippen LogP contribution in [0.25, 0.3) is 0 Å². The number of hydrogen-bond donors (Lipinski definition) is 1. The Hall–Kier alpha value is -1.06. The van der Waals surface area contributed by atoms with Crippen molar-refractivity contribution in [3.63, 3.8) is 0 Å². The van der Waals surface area contributed by atoms with Crippen molar-refractivity contribution >= 4 is 0 Å². The van der Waals surface area contributed by atoms with Crippen molar-refractivity contribution in [1.82, 2.24) is 5.32 Å². The smallest absolute Gasteiger partial charge is 0.118 e. The van der Waals surface area contributed by atoms with E-state index in [0.717, 1.165) is 25.2 Å². The first-order chi connectivity index (χ1) is 9.08. The van der Waals surface area contributed by atoms with Crippen LogP contribution in [0.1, 0.15) is 45.3 Å². The van der Waals surface area contributed by atoms with Crippen LogP contribution in [0.4, 0.5) is 0 Å². The Morgan fingerprint density at radius 1 is 1.37 bits per heavy atom. The second-order valence-electron chi connectivity index (χ2n) is 5.66. The summed E-state index contributed by atoms with van der Waals surface area (Å²) in [5.41, 5.74) is 1.39. The summed E-state index contributed by atoms with van der Waals surface area (Å²) in [6, 6.07) is 8.48. The summed E-state index contributed by atoms with van der Waals surface area (Å²) < 4.78 is 11.3. The van der Waals surface area contributed by atoms with Crippen LogP contribution < -0.4 is 10.1 Å². The highest BCUT2D eigenvalue weighted by Gasteiger charge is 2.32. The number of ether oxygens (including phenoxy) is 2. The molecule has 1 fully saturated rings. The standard InChI is InChI=1S/C16H25NO2/c1-5-16(3)10-11-19-15(12(2)17-16)13-6-8-14(18-4)9-7-13/h6-9,12,15,17H,5,10-11H2,1-4H3. The Morgan fingerprint density at radius 2 is 2.05 bits per heavy atom. The van der Waals surface area contributed by atoms with E-state index in [2.05, 4.69) is 38.2 Å². The molecular weight excluding hydrogens is 238 g/mol. The molecule has 1 aliphatic heterocycles. The van der Waals surface area contributed by atoms with Gasteiger partial charge >= 0.3 is 0 Å². The van der Waals surface area contributed by atoms with E-state index in [1.54, 1.807) is 7.11 Å². The molecule has 3 unspecified atom stereocenters. The van der Waals surface area contributed by atoms with Crippen LogP contribution >= 0.6 is 0 Å². The molecule has 106 valence electrons. The Balaban J connectivity index is 2.15. The fourth-order valence-corrected chi connectivity index (χ4v) is 2.71. The van der Waals surface area contributed by atoms with Gasteiger partial charge in [0.25, 0.3) is 0 Å². The van der Waals surface area contributed by atoms with Crippen molar-refractivity contribution in [3.8, 4) is 5.75 Å². The van der Waals surface area contributed by atoms with Crippen molar-refractivity contribution in [2.24, 2.45) is 0 Å². The molecule has 0 amide bonds. The zero-order valence-corrected chi connectivity index (χ0v) is 12.4. The van der Waals surface area contributed by atoms with E-state index in [4.69, 9.17) is 9.47 Å². The molecule has 0 saturated carbocycles. The average Bonchev–Trinajstić information content (AvgIpc) is 2.58. The maximum atomic E-state index is 6.07. The summed E-state index contributed by atoms with van der Waals surface area (Å²) in [5.74, 6) is 0.886. The van der Waals surface area contributed by atoms with Crippen LogP contribution in [-0.2, 0) is 4.74 Å². The summed E-state index contributed by atoms with van der Waals surface area (Å²) in [6.07, 6.45) is 2.29. The zero-order valence-electron chi connectivity index (χ0n) is 12.4. The molecule has 0 bridgehead atoms. The van der Waals surface area contributed by atoms with E-state index in [9.17, 15) is 0 Å². The van der Waals surface area contributed by atoms with Gasteiger partial charge in [-0.15, -0.1) is 0 Å². The molecule has 0 aliphatic carbocycles. The Labute approximate surface area is 116 Å².